The number of hydrogen-bond acceptors (Lipinski definition) is 17. The summed E-state index contributed by atoms with van der Waals surface area (Å²) in [5, 5.41) is 53.8. The van der Waals surface area contributed by atoms with E-state index in [4.69, 9.17) is 5.73 Å². The second kappa shape index (κ2) is 22.9. The van der Waals surface area contributed by atoms with Crippen LogP contribution in [0.4, 0.5) is 38.7 Å². The second-order valence-corrected chi connectivity index (χ2v) is 14.2. The molecule has 17 nitrogen and oxygen atoms in total. The summed E-state index contributed by atoms with van der Waals surface area (Å²) in [6, 6.07) is 7.18. The third kappa shape index (κ3) is 16.8. The van der Waals surface area contributed by atoms with Gasteiger partial charge in [-0.3, -0.25) is 19.2 Å². The van der Waals surface area contributed by atoms with Crippen LogP contribution in [0.15, 0.2) is 49.2 Å². The Morgan fingerprint density at radius 3 is 1.74 bits per heavy atom. The van der Waals surface area contributed by atoms with Crippen LogP contribution in [-0.2, 0) is 51.9 Å². The Labute approximate surface area is 329 Å². The zero-order valence-corrected chi connectivity index (χ0v) is 33.9. The van der Waals surface area contributed by atoms with Crippen LogP contribution in [0, 0.1) is 0 Å². The van der Waals surface area contributed by atoms with Gasteiger partial charge < -0.3 is 37.2 Å². The third-order valence-corrected chi connectivity index (χ3v) is 8.55. The number of hydrogen-bond donors (Lipinski definition) is 7. The predicted molar refractivity (Wildman–Crippen MR) is 195 cm³/mol. The van der Waals surface area contributed by atoms with Crippen molar-refractivity contribution in [2.45, 2.75) is 50.2 Å². The third-order valence-electron chi connectivity index (χ3n) is 4.96. The molecule has 0 unspecified atom stereocenters. The fraction of sp³-hybridized carbons (Fsp3) is 0.286. The number of carbonyl (C=O) groups excluding carboxylic acids is 4. The number of azo groups is 1. The zero-order chi connectivity index (χ0) is 36.5. The molecule has 265 valence electrons. The first-order valence-corrected chi connectivity index (χ1v) is 17.7. The summed E-state index contributed by atoms with van der Waals surface area (Å²) in [6.45, 7) is 9.45. The molecule has 2 heterocycles. The van der Waals surface area contributed by atoms with Gasteiger partial charge in [0.25, 0.3) is 5.13 Å². The molecule has 4 amide bonds. The van der Waals surface area contributed by atoms with Crippen LogP contribution in [0.2, 0.25) is 0 Å². The molecule has 2 aromatic heterocycles. The van der Waals surface area contributed by atoms with Gasteiger partial charge >= 0.3 is 0 Å². The Hall–Kier alpha value is -3.76. The van der Waals surface area contributed by atoms with Crippen molar-refractivity contribution in [2.24, 2.45) is 10.2 Å². The van der Waals surface area contributed by atoms with E-state index in [1.165, 1.54) is 74.6 Å². The number of phenolic OH excluding ortho intramolecular Hbond substituents is 2. The summed E-state index contributed by atoms with van der Waals surface area (Å²) < 4.78 is 1.73. The summed E-state index contributed by atoms with van der Waals surface area (Å²) >= 11 is 5.93. The SMILES string of the molecule is CC(=O)Nc1ccc(NC(C)=O)c(O)c1.CCSc1nnc(N)s1.CCSc1nnc(N=Nc2cc(NC(C)=O)c(O)cc2NC(C)=O)s1.[Y]. The molecule has 0 spiro atoms. The number of benzene rings is 2. The molecule has 4 aromatic rings. The van der Waals surface area contributed by atoms with Crippen molar-refractivity contribution in [3.05, 3.63) is 30.3 Å². The maximum absolute atomic E-state index is 11.3. The summed E-state index contributed by atoms with van der Waals surface area (Å²) in [7, 11) is 0. The standard InChI is InChI=1S/C14H16N6O3S2.C10H12N2O3.C4H7N3S2.Y/c1-4-24-14-20-19-13(25-14)18-17-10-5-11(16-8(3)22)12(23)6-9(10)15-7(2)21;1-6(13)11-8-3-4-9(10(15)5-8)12-7(2)14;1-2-8-4-7-6-3(5)9-4;/h5-6,23H,4H2,1-3H3,(H,15,21)(H,16,22);3-5,15H,1-2H3,(H,11,13)(H,12,14);2H2,1H3,(H2,5,6);. The topological polar surface area (TPSA) is 259 Å². The molecule has 4 rings (SSSR count). The van der Waals surface area contributed by atoms with E-state index in [1.807, 2.05) is 6.92 Å². The van der Waals surface area contributed by atoms with Gasteiger partial charge in [0, 0.05) is 78.2 Å². The molecule has 2 aromatic carbocycles. The van der Waals surface area contributed by atoms with E-state index in [9.17, 15) is 29.4 Å². The van der Waals surface area contributed by atoms with Crippen molar-refractivity contribution < 1.29 is 62.1 Å². The minimum Gasteiger partial charge on any atom is -0.506 e. The fourth-order valence-corrected chi connectivity index (χ4v) is 6.36. The van der Waals surface area contributed by atoms with Gasteiger partial charge in [0.15, 0.2) is 8.68 Å². The first kappa shape index (κ1) is 44.3. The molecule has 1 radical (unpaired) electrons. The van der Waals surface area contributed by atoms with Gasteiger partial charge in [0.1, 0.15) is 17.2 Å². The van der Waals surface area contributed by atoms with Crippen LogP contribution in [0.5, 0.6) is 11.5 Å². The molecule has 0 aliphatic heterocycles. The first-order chi connectivity index (χ1) is 23.2. The van der Waals surface area contributed by atoms with Crippen molar-refractivity contribution in [1.29, 1.82) is 0 Å². The fourth-order valence-electron chi connectivity index (χ4n) is 3.27. The number of aromatic hydroxyl groups is 2. The van der Waals surface area contributed by atoms with Crippen LogP contribution in [0.3, 0.4) is 0 Å². The van der Waals surface area contributed by atoms with E-state index in [1.54, 1.807) is 29.6 Å². The first-order valence-electron chi connectivity index (χ1n) is 14.1. The molecule has 0 bridgehead atoms. The van der Waals surface area contributed by atoms with Crippen LogP contribution in [0.1, 0.15) is 41.5 Å². The van der Waals surface area contributed by atoms with Crippen LogP contribution >= 0.6 is 46.2 Å². The maximum atomic E-state index is 11.3. The number of anilines is 5. The Morgan fingerprint density at radius 2 is 1.22 bits per heavy atom. The smallest absolute Gasteiger partial charge is 0.252 e. The summed E-state index contributed by atoms with van der Waals surface area (Å²) in [4.78, 5) is 44.0. The van der Waals surface area contributed by atoms with Crippen molar-refractivity contribution in [3.63, 3.8) is 0 Å². The Kier molecular flexibility index (Phi) is 20.2. The monoisotopic (exact) mass is 838 g/mol. The van der Waals surface area contributed by atoms with E-state index >= 15 is 0 Å². The van der Waals surface area contributed by atoms with Crippen LogP contribution in [0.25, 0.3) is 0 Å². The number of aromatic nitrogens is 4. The van der Waals surface area contributed by atoms with E-state index in [2.05, 4.69) is 58.8 Å². The molecular formula is C28H35N11O6S4Y. The number of rotatable bonds is 10. The van der Waals surface area contributed by atoms with Gasteiger partial charge in [0.2, 0.25) is 28.8 Å². The van der Waals surface area contributed by atoms with Crippen molar-refractivity contribution in [3.8, 4) is 11.5 Å². The maximum Gasteiger partial charge on any atom is 0.252 e. The van der Waals surface area contributed by atoms with Crippen molar-refractivity contribution in [2.75, 3.05) is 38.5 Å². The molecule has 0 aliphatic rings. The van der Waals surface area contributed by atoms with Gasteiger partial charge in [-0.05, 0) is 29.7 Å². The van der Waals surface area contributed by atoms with E-state index in [-0.39, 0.29) is 84.9 Å². The minimum atomic E-state index is -0.351. The summed E-state index contributed by atoms with van der Waals surface area (Å²) in [5.41, 5.74) is 6.82. The molecule has 0 aliphatic carbocycles. The molecule has 22 heteroatoms. The number of nitrogens with two attached hydrogens (primary N) is 1. The van der Waals surface area contributed by atoms with Gasteiger partial charge in [-0.25, -0.2) is 0 Å². The number of thioether (sulfide) groups is 2. The largest absolute Gasteiger partial charge is 0.506 e. The Bertz CT molecular complexity index is 1790. The number of phenols is 2. The van der Waals surface area contributed by atoms with E-state index in [0.717, 1.165) is 20.2 Å². The average molecular weight is 839 g/mol. The number of nitrogens with one attached hydrogen (secondary N) is 4. The molecule has 0 atom stereocenters. The van der Waals surface area contributed by atoms with Crippen molar-refractivity contribution >= 4 is 109 Å². The predicted octanol–water partition coefficient (Wildman–Crippen LogP) is 6.23. The number of nitrogen functional groups attached to an aromatic ring is 1. The van der Waals surface area contributed by atoms with Crippen LogP contribution < -0.4 is 27.0 Å². The minimum absolute atomic E-state index is 0. The quantitative estimate of drug-likeness (QED) is 0.0532. The van der Waals surface area contributed by atoms with Crippen LogP contribution in [-0.4, -0.2) is 65.7 Å². The van der Waals surface area contributed by atoms with E-state index < -0.39 is 0 Å². The van der Waals surface area contributed by atoms with Gasteiger partial charge in [-0.2, -0.15) is 0 Å². The number of carbonyl (C=O) groups is 4. The van der Waals surface area contributed by atoms with E-state index in [0.29, 0.717) is 21.6 Å². The second-order valence-electron chi connectivity index (χ2n) is 9.17. The zero-order valence-electron chi connectivity index (χ0n) is 27.8. The average Bonchev–Trinajstić information content (AvgIpc) is 3.63. The number of nitrogens with zero attached hydrogens (tertiary/aromatic N) is 6. The normalized spacial score (nSPS) is 10.0. The molecule has 0 saturated carbocycles. The van der Waals surface area contributed by atoms with Crippen molar-refractivity contribution in [1.82, 2.24) is 20.4 Å². The van der Waals surface area contributed by atoms with Gasteiger partial charge in [0.05, 0.1) is 17.1 Å². The Balaban J connectivity index is 0.000000422. The number of amides is 4. The summed E-state index contributed by atoms with van der Waals surface area (Å²) in [5.74, 6) is 0.438. The molecule has 0 saturated heterocycles. The molecule has 50 heavy (non-hydrogen) atoms. The molecule has 8 N–H and O–H groups in total. The summed E-state index contributed by atoms with van der Waals surface area (Å²) in [6.07, 6.45) is 0. The van der Waals surface area contributed by atoms with Gasteiger partial charge in [-0.15, -0.1) is 30.6 Å². The van der Waals surface area contributed by atoms with Gasteiger partial charge in [-0.1, -0.05) is 60.0 Å². The molecular weight excluding hydrogens is 804 g/mol. The Morgan fingerprint density at radius 1 is 0.700 bits per heavy atom. The molecule has 0 fully saturated rings.